The van der Waals surface area contributed by atoms with Crippen molar-refractivity contribution < 1.29 is 18.3 Å². The molecule has 3 aromatic carbocycles. The van der Waals surface area contributed by atoms with Crippen molar-refractivity contribution in [3.05, 3.63) is 114 Å². The molecule has 0 aromatic heterocycles. The number of nitrogens with zero attached hydrogens (tertiary/aromatic N) is 1. The maximum Gasteiger partial charge on any atom is 0.417 e. The van der Waals surface area contributed by atoms with Crippen LogP contribution in [-0.2, 0) is 18.2 Å². The highest BCUT2D eigenvalue weighted by Crippen LogP contribution is 2.44. The van der Waals surface area contributed by atoms with E-state index in [0.29, 0.717) is 0 Å². The molecular weight excluding hydrogens is 509 g/mol. The largest absolute Gasteiger partial charge is 0.417 e. The summed E-state index contributed by atoms with van der Waals surface area (Å²) in [6.07, 6.45) is 1.66. The Morgan fingerprint density at radius 1 is 1.02 bits per heavy atom. The van der Waals surface area contributed by atoms with Crippen molar-refractivity contribution in [2.24, 2.45) is 5.92 Å². The molecule has 1 atom stereocenters. The van der Waals surface area contributed by atoms with Crippen LogP contribution in [0.1, 0.15) is 66.8 Å². The first-order valence-electron chi connectivity index (χ1n) is 13.5. The molecule has 0 heterocycles. The molecule has 4 rings (SSSR count). The molecule has 2 N–H and O–H groups in total. The molecule has 1 aliphatic rings. The zero-order valence-corrected chi connectivity index (χ0v) is 23.2. The normalized spacial score (nSPS) is 15.1. The van der Waals surface area contributed by atoms with E-state index in [4.69, 9.17) is 0 Å². The Balaban J connectivity index is 0.00000141. The molecule has 0 saturated heterocycles. The molecule has 210 valence electrons. The van der Waals surface area contributed by atoms with Gasteiger partial charge in [0.05, 0.1) is 22.8 Å². The molecule has 0 radical (unpaired) electrons. The minimum Gasteiger partial charge on any atom is -0.388 e. The summed E-state index contributed by atoms with van der Waals surface area (Å²) in [4.78, 5) is 0. The minimum absolute atomic E-state index is 0.175. The molecule has 1 aliphatic carbocycles. The van der Waals surface area contributed by atoms with Crippen LogP contribution in [0.25, 0.3) is 16.8 Å². The number of allylic oxidation sites excluding steroid dienone is 1. The zero-order valence-electron chi connectivity index (χ0n) is 23.2. The van der Waals surface area contributed by atoms with Gasteiger partial charge in [0.2, 0.25) is 0 Å². The highest BCUT2D eigenvalue weighted by molar-refractivity contribution is 5.69. The summed E-state index contributed by atoms with van der Waals surface area (Å²) in [5.41, 5.74) is 1.88. The van der Waals surface area contributed by atoms with E-state index < -0.39 is 22.9 Å². The van der Waals surface area contributed by atoms with Crippen LogP contribution in [0.5, 0.6) is 0 Å². The Labute approximate surface area is 235 Å². The smallest absolute Gasteiger partial charge is 0.388 e. The van der Waals surface area contributed by atoms with Crippen LogP contribution in [0.3, 0.4) is 0 Å². The second-order valence-electron chi connectivity index (χ2n) is 10.2. The maximum atomic E-state index is 13.8. The average molecular weight is 547 g/mol. The fourth-order valence-corrected chi connectivity index (χ4v) is 5.39. The van der Waals surface area contributed by atoms with Crippen LogP contribution in [0.4, 0.5) is 13.2 Å². The summed E-state index contributed by atoms with van der Waals surface area (Å²) in [6, 6.07) is 21.0. The van der Waals surface area contributed by atoms with E-state index >= 15 is 0 Å². The number of aliphatic hydroxyl groups is 1. The summed E-state index contributed by atoms with van der Waals surface area (Å²) < 4.78 is 41.3. The van der Waals surface area contributed by atoms with Gasteiger partial charge in [0.15, 0.2) is 0 Å². The summed E-state index contributed by atoms with van der Waals surface area (Å²) in [6.45, 7) is 9.23. The molecule has 1 saturated carbocycles. The quantitative estimate of drug-likeness (QED) is 0.292. The molecule has 0 bridgehead atoms. The maximum absolute atomic E-state index is 13.8. The van der Waals surface area contributed by atoms with Crippen LogP contribution in [0.2, 0.25) is 0 Å². The molecule has 3 aromatic rings. The van der Waals surface area contributed by atoms with Gasteiger partial charge in [-0.05, 0) is 65.6 Å². The van der Waals surface area contributed by atoms with Gasteiger partial charge in [-0.15, -0.1) is 6.58 Å². The van der Waals surface area contributed by atoms with E-state index in [1.54, 1.807) is 12.1 Å². The Kier molecular flexibility index (Phi) is 10.4. The number of rotatable bonds is 7. The average Bonchev–Trinajstić information content (AvgIpc) is 2.97. The number of nitrogens with one attached hydrogen (secondary N) is 1. The molecule has 0 amide bonds. The third kappa shape index (κ3) is 7.22. The first-order valence-corrected chi connectivity index (χ1v) is 13.5. The van der Waals surface area contributed by atoms with Crippen molar-refractivity contribution in [1.82, 2.24) is 5.32 Å². The predicted octanol–water partition coefficient (Wildman–Crippen LogP) is 8.64. The zero-order chi connectivity index (χ0) is 29.3. The van der Waals surface area contributed by atoms with E-state index in [-0.39, 0.29) is 17.9 Å². The van der Waals surface area contributed by atoms with E-state index in [2.05, 4.69) is 18.5 Å². The lowest BCUT2D eigenvalue weighted by Crippen LogP contribution is -2.39. The lowest BCUT2D eigenvalue weighted by molar-refractivity contribution is -0.138. The topological polar surface area (TPSA) is 56.0 Å². The van der Waals surface area contributed by atoms with Gasteiger partial charge in [-0.25, -0.2) is 0 Å². The van der Waals surface area contributed by atoms with E-state index in [1.807, 2.05) is 62.5 Å². The Hall–Kier alpha value is -3.82. The van der Waals surface area contributed by atoms with Gasteiger partial charge in [0, 0.05) is 19.2 Å². The van der Waals surface area contributed by atoms with Crippen molar-refractivity contribution in [2.45, 2.75) is 57.2 Å². The van der Waals surface area contributed by atoms with Crippen molar-refractivity contribution in [1.29, 1.82) is 5.26 Å². The molecule has 0 spiro atoms. The predicted molar refractivity (Wildman–Crippen MR) is 156 cm³/mol. The van der Waals surface area contributed by atoms with Crippen LogP contribution >= 0.6 is 0 Å². The summed E-state index contributed by atoms with van der Waals surface area (Å²) >= 11 is 0. The highest BCUT2D eigenvalue weighted by Gasteiger charge is 2.42. The lowest BCUT2D eigenvalue weighted by atomic mass is 9.70. The SMILES string of the molecule is C=C(NC)c1ccc(-c2cccc(CC(O)(c3ccc(C#N)c(C(F)(F)F)c3)C3CCCCC3)c2)cc1.C=CC. The number of benzene rings is 3. The first kappa shape index (κ1) is 30.7. The summed E-state index contributed by atoms with van der Waals surface area (Å²) in [7, 11) is 1.82. The fraction of sp³-hybridized carbons (Fsp3) is 0.324. The number of nitriles is 1. The Morgan fingerprint density at radius 3 is 2.25 bits per heavy atom. The molecule has 3 nitrogen and oxygen atoms in total. The number of alkyl halides is 3. The van der Waals surface area contributed by atoms with Crippen molar-refractivity contribution in [3.63, 3.8) is 0 Å². The van der Waals surface area contributed by atoms with Crippen molar-refractivity contribution in [3.8, 4) is 17.2 Å². The first-order chi connectivity index (χ1) is 19.1. The summed E-state index contributed by atoms with van der Waals surface area (Å²) in [5.74, 6) is -0.175. The van der Waals surface area contributed by atoms with E-state index in [0.717, 1.165) is 66.1 Å². The molecule has 0 aliphatic heterocycles. The number of halogens is 3. The van der Waals surface area contributed by atoms with Gasteiger partial charge in [0.1, 0.15) is 0 Å². The van der Waals surface area contributed by atoms with Crippen LogP contribution in [0.15, 0.2) is 86.0 Å². The standard InChI is InChI=1S/C31H31F3N2O.C3H6/c1-21(36-2)23-11-13-24(14-12-23)25-8-6-7-22(17-25)19-30(37,27-9-4-3-5-10-27)28-16-15-26(20-35)29(18-28)31(32,33)34;1-3-2/h6-8,11-18,27,36-37H,1,3-5,9-10,19H2,2H3;3H,1H2,2H3. The number of hydrogen-bond acceptors (Lipinski definition) is 3. The third-order valence-electron chi connectivity index (χ3n) is 7.49. The Bertz CT molecular complexity index is 1350. The van der Waals surface area contributed by atoms with Gasteiger partial charge in [-0.2, -0.15) is 18.4 Å². The molecule has 1 fully saturated rings. The van der Waals surface area contributed by atoms with Crippen LogP contribution < -0.4 is 5.32 Å². The van der Waals surface area contributed by atoms with Gasteiger partial charge >= 0.3 is 6.18 Å². The minimum atomic E-state index is -4.68. The van der Waals surface area contributed by atoms with Crippen molar-refractivity contribution >= 4 is 5.70 Å². The second-order valence-corrected chi connectivity index (χ2v) is 10.2. The second kappa shape index (κ2) is 13.5. The molecule has 6 heteroatoms. The molecule has 40 heavy (non-hydrogen) atoms. The molecular formula is C34H37F3N2O. The van der Waals surface area contributed by atoms with Gasteiger partial charge in [-0.1, -0.05) is 86.5 Å². The van der Waals surface area contributed by atoms with E-state index in [1.165, 1.54) is 12.1 Å². The highest BCUT2D eigenvalue weighted by atomic mass is 19.4. The van der Waals surface area contributed by atoms with Crippen molar-refractivity contribution in [2.75, 3.05) is 7.05 Å². The number of hydrogen-bond donors (Lipinski definition) is 2. The Morgan fingerprint density at radius 2 is 1.68 bits per heavy atom. The summed E-state index contributed by atoms with van der Waals surface area (Å²) in [5, 5.41) is 24.4. The third-order valence-corrected chi connectivity index (χ3v) is 7.49. The monoisotopic (exact) mass is 546 g/mol. The van der Waals surface area contributed by atoms with Crippen LogP contribution in [0, 0.1) is 17.2 Å². The molecule has 1 unspecified atom stereocenters. The van der Waals surface area contributed by atoms with Crippen LogP contribution in [-0.4, -0.2) is 12.2 Å². The van der Waals surface area contributed by atoms with Gasteiger partial charge in [-0.3, -0.25) is 0 Å². The fourth-order valence-electron chi connectivity index (χ4n) is 5.39. The van der Waals surface area contributed by atoms with E-state index in [9.17, 15) is 23.5 Å². The lowest BCUT2D eigenvalue weighted by Gasteiger charge is -2.39. The van der Waals surface area contributed by atoms with Gasteiger partial charge in [0.25, 0.3) is 0 Å². The van der Waals surface area contributed by atoms with Gasteiger partial charge < -0.3 is 10.4 Å².